The van der Waals surface area contributed by atoms with E-state index in [2.05, 4.69) is 53.4 Å². The van der Waals surface area contributed by atoms with Gasteiger partial charge >= 0.3 is 24.0 Å². The molecule has 2 aromatic carbocycles. The normalized spacial score (nSPS) is 17.7. The van der Waals surface area contributed by atoms with Crippen molar-refractivity contribution in [1.29, 1.82) is 0 Å². The highest BCUT2D eigenvalue weighted by Crippen LogP contribution is 2.36. The Bertz CT molecular complexity index is 1740. The third-order valence-electron chi connectivity index (χ3n) is 11.8. The fourth-order valence-electron chi connectivity index (χ4n) is 8.16. The number of nitrogens with one attached hydrogen (secondary N) is 5. The van der Waals surface area contributed by atoms with Gasteiger partial charge in [0.05, 0.1) is 26.4 Å². The van der Waals surface area contributed by atoms with Crippen molar-refractivity contribution in [2.75, 3.05) is 47.1 Å². The molecule has 0 saturated carbocycles. The minimum atomic E-state index is -1.88. The second-order valence-electron chi connectivity index (χ2n) is 16.5. The number of unbranched alkanes of at least 4 members (excludes halogenated alkanes) is 2. The van der Waals surface area contributed by atoms with Crippen LogP contribution in [-0.4, -0.2) is 110 Å². The van der Waals surface area contributed by atoms with Crippen molar-refractivity contribution in [3.05, 3.63) is 70.8 Å². The van der Waals surface area contributed by atoms with E-state index >= 15 is 0 Å². The van der Waals surface area contributed by atoms with Crippen LogP contribution in [0.25, 0.3) is 0 Å². The maximum atomic E-state index is 14.1. The van der Waals surface area contributed by atoms with Gasteiger partial charge in [-0.2, -0.15) is 0 Å². The first-order valence-electron chi connectivity index (χ1n) is 22.6. The van der Waals surface area contributed by atoms with Crippen molar-refractivity contribution in [3.63, 3.8) is 0 Å². The second-order valence-corrected chi connectivity index (χ2v) is 16.5. The topological polar surface area (TPSA) is 232 Å². The quantitative estimate of drug-likeness (QED) is 0.0596. The van der Waals surface area contributed by atoms with Crippen LogP contribution < -0.4 is 32.3 Å². The summed E-state index contributed by atoms with van der Waals surface area (Å²) in [5.41, 5.74) is 7.33. The molecule has 16 nitrogen and oxygen atoms in total. The maximum Gasteiger partial charge on any atom is 0.329 e. The fraction of sp³-hybridized carbons (Fsp3) is 0.652. The predicted octanol–water partition coefficient (Wildman–Crippen LogP) is 5.74. The summed E-state index contributed by atoms with van der Waals surface area (Å²) in [6.45, 7) is 8.75. The Morgan fingerprint density at radius 3 is 1.91 bits per heavy atom. The molecule has 4 atom stereocenters. The van der Waals surface area contributed by atoms with Crippen LogP contribution in [0.5, 0.6) is 0 Å². The summed E-state index contributed by atoms with van der Waals surface area (Å²) < 4.78 is 51.8. The van der Waals surface area contributed by atoms with Crippen molar-refractivity contribution in [2.45, 2.75) is 140 Å². The lowest BCUT2D eigenvalue weighted by atomic mass is 9.73. The standard InChI is InChI=1S/C33H48F2N4O5.C13H24N2O5/c1-4-6-11-32(43-14-8-15-44-32)12-13-33(30(40)41,39-31(42)37-3)28(22-38-21-24-10-7-9-23(5-2)16-24)29(36)19-25-17-26(34)20-27(35)18-25;1-3-4-6-13(19-8-9-20-13)7-5-10(11(16)17)15-12(18)14-2/h7,9-10,16-18,20,28-29,38H,4-6,8,11-15,19,21-22,36H2,1-3H3,(H,40,41)(H2,37,39,42);10H,3-9H2,1-2H3,(H,16,17)(H2,14,15,18)/t28-,29?,33+;10-/m11/s1. The van der Waals surface area contributed by atoms with E-state index in [1.165, 1.54) is 26.2 Å². The number of hydrogen-bond acceptors (Lipinski definition) is 10. The molecule has 0 bridgehead atoms. The molecular formula is C46H72F2N6O10. The number of hydrogen-bond donors (Lipinski definition) is 8. The number of ether oxygens (including phenoxy) is 4. The molecule has 2 aromatic rings. The molecule has 0 aliphatic carbocycles. The Balaban J connectivity index is 0.000000454. The molecule has 2 heterocycles. The van der Waals surface area contributed by atoms with Crippen LogP contribution in [0.3, 0.4) is 0 Å². The van der Waals surface area contributed by atoms with Gasteiger partial charge in [-0.15, -0.1) is 0 Å². The number of carboxylic acid groups (broad SMARTS) is 2. The number of aliphatic carboxylic acids is 2. The van der Waals surface area contributed by atoms with E-state index in [4.69, 9.17) is 29.8 Å². The van der Waals surface area contributed by atoms with Crippen LogP contribution in [0.15, 0.2) is 42.5 Å². The van der Waals surface area contributed by atoms with Crippen LogP contribution in [0.4, 0.5) is 18.4 Å². The van der Waals surface area contributed by atoms with E-state index in [0.717, 1.165) is 62.1 Å². The molecule has 9 N–H and O–H groups in total. The number of benzene rings is 2. The molecule has 64 heavy (non-hydrogen) atoms. The minimum Gasteiger partial charge on any atom is -0.480 e. The molecule has 0 spiro atoms. The van der Waals surface area contributed by atoms with Gasteiger partial charge in [-0.3, -0.25) is 0 Å². The van der Waals surface area contributed by atoms with Gasteiger partial charge in [0.1, 0.15) is 23.2 Å². The first-order valence-corrected chi connectivity index (χ1v) is 22.6. The lowest BCUT2D eigenvalue weighted by Gasteiger charge is -2.44. The Hall–Kier alpha value is -4.46. The lowest BCUT2D eigenvalue weighted by Crippen LogP contribution is -2.67. The molecule has 2 fully saturated rings. The zero-order valence-electron chi connectivity index (χ0n) is 38.2. The number of amides is 4. The maximum absolute atomic E-state index is 14.1. The third-order valence-corrected chi connectivity index (χ3v) is 11.8. The van der Waals surface area contributed by atoms with Gasteiger partial charge in [0.15, 0.2) is 11.6 Å². The number of aryl methyl sites for hydroxylation is 1. The number of carbonyl (C=O) groups excluding carboxylic acids is 2. The summed E-state index contributed by atoms with van der Waals surface area (Å²) in [5, 5.41) is 33.3. The lowest BCUT2D eigenvalue weighted by molar-refractivity contribution is -0.276. The Kier molecular flexibility index (Phi) is 22.8. The van der Waals surface area contributed by atoms with Crippen LogP contribution in [0, 0.1) is 17.6 Å². The van der Waals surface area contributed by atoms with Crippen LogP contribution in [-0.2, 0) is 47.9 Å². The van der Waals surface area contributed by atoms with E-state index in [1.807, 2.05) is 18.2 Å². The fourth-order valence-corrected chi connectivity index (χ4v) is 8.16. The van der Waals surface area contributed by atoms with Crippen molar-refractivity contribution < 1.29 is 57.1 Å². The summed E-state index contributed by atoms with van der Waals surface area (Å²) in [6, 6.07) is 8.12. The zero-order chi connectivity index (χ0) is 47.2. The smallest absolute Gasteiger partial charge is 0.329 e. The summed E-state index contributed by atoms with van der Waals surface area (Å²) in [6.07, 6.45) is 7.45. The summed E-state index contributed by atoms with van der Waals surface area (Å²) >= 11 is 0. The average Bonchev–Trinajstić information content (AvgIpc) is 3.75. The average molecular weight is 907 g/mol. The molecule has 2 aliphatic rings. The van der Waals surface area contributed by atoms with E-state index in [9.17, 15) is 33.1 Å². The summed E-state index contributed by atoms with van der Waals surface area (Å²) in [7, 11) is 2.85. The minimum absolute atomic E-state index is 0.0230. The third kappa shape index (κ3) is 16.8. The highest BCUT2D eigenvalue weighted by molar-refractivity contribution is 5.86. The van der Waals surface area contributed by atoms with Crippen molar-refractivity contribution in [1.82, 2.24) is 26.6 Å². The van der Waals surface area contributed by atoms with Crippen molar-refractivity contribution >= 4 is 24.0 Å². The Labute approximate surface area is 376 Å². The number of nitrogens with two attached hydrogens (primary N) is 1. The first kappa shape index (κ1) is 53.9. The molecule has 4 rings (SSSR count). The summed E-state index contributed by atoms with van der Waals surface area (Å²) in [4.78, 5) is 48.6. The summed E-state index contributed by atoms with van der Waals surface area (Å²) in [5.74, 6) is -6.43. The van der Waals surface area contributed by atoms with Crippen LogP contribution >= 0.6 is 0 Å². The molecular weight excluding hydrogens is 835 g/mol. The number of carboxylic acids is 2. The van der Waals surface area contributed by atoms with E-state index in [1.54, 1.807) is 0 Å². The monoisotopic (exact) mass is 907 g/mol. The van der Waals surface area contributed by atoms with Crippen molar-refractivity contribution in [3.8, 4) is 0 Å². The second kappa shape index (κ2) is 27.1. The highest BCUT2D eigenvalue weighted by atomic mass is 19.1. The van der Waals surface area contributed by atoms with Crippen LogP contribution in [0.1, 0.15) is 108 Å². The van der Waals surface area contributed by atoms with Gasteiger partial charge in [0.2, 0.25) is 0 Å². The van der Waals surface area contributed by atoms with E-state index in [-0.39, 0.29) is 37.8 Å². The first-order chi connectivity index (χ1) is 30.6. The van der Waals surface area contributed by atoms with Gasteiger partial charge in [-0.05, 0) is 73.8 Å². The van der Waals surface area contributed by atoms with Gasteiger partial charge < -0.3 is 61.5 Å². The van der Waals surface area contributed by atoms with Crippen molar-refractivity contribution in [2.24, 2.45) is 11.7 Å². The number of rotatable bonds is 25. The number of halogens is 2. The largest absolute Gasteiger partial charge is 0.480 e. The van der Waals surface area contributed by atoms with Crippen LogP contribution in [0.2, 0.25) is 0 Å². The molecule has 2 aliphatic heterocycles. The Morgan fingerprint density at radius 1 is 0.781 bits per heavy atom. The zero-order valence-corrected chi connectivity index (χ0v) is 38.2. The molecule has 2 saturated heterocycles. The van der Waals surface area contributed by atoms with Gasteiger partial charge in [0.25, 0.3) is 0 Å². The molecule has 0 aromatic heterocycles. The van der Waals surface area contributed by atoms with Gasteiger partial charge in [0, 0.05) is 70.9 Å². The number of urea groups is 2. The van der Waals surface area contributed by atoms with Gasteiger partial charge in [-0.25, -0.2) is 28.0 Å². The molecule has 4 amide bonds. The SMILES string of the molecule is CCCCC1(CC[C@@H](NC(=O)NC)C(=O)O)OCCO1.CCCCC1(CC[C@@](NC(=O)NC)(C(=O)O)[C@H](CNCc2cccc(CC)c2)C(N)Cc2cc(F)cc(F)c2)OCCCO1. The number of carbonyl (C=O) groups is 4. The molecule has 18 heteroatoms. The molecule has 0 radical (unpaired) electrons. The van der Waals surface area contributed by atoms with E-state index < -0.39 is 70.8 Å². The Morgan fingerprint density at radius 2 is 1.36 bits per heavy atom. The highest BCUT2D eigenvalue weighted by Gasteiger charge is 2.51. The molecule has 1 unspecified atom stereocenters. The van der Waals surface area contributed by atoms with E-state index in [0.29, 0.717) is 45.8 Å². The molecule has 360 valence electrons. The predicted molar refractivity (Wildman–Crippen MR) is 237 cm³/mol. The van der Waals surface area contributed by atoms with Gasteiger partial charge in [-0.1, -0.05) is 57.9 Å².